The van der Waals surface area contributed by atoms with Gasteiger partial charge in [-0.3, -0.25) is 0 Å². The largest absolute Gasteiger partial charge is 0.491 e. The number of halogens is 1. The van der Waals surface area contributed by atoms with E-state index in [1.54, 1.807) is 31.4 Å². The number of ether oxygens (including phenoxy) is 2. The van der Waals surface area contributed by atoms with E-state index in [1.165, 1.54) is 12.1 Å². The molecule has 1 N–H and O–H groups in total. The molecular formula is C16H15FO4. The lowest BCUT2D eigenvalue weighted by atomic mass is 10.0. The Kier molecular flexibility index (Phi) is 4.90. The van der Waals surface area contributed by atoms with Crippen LogP contribution >= 0.6 is 0 Å². The van der Waals surface area contributed by atoms with Crippen LogP contribution in [0.1, 0.15) is 10.4 Å². The van der Waals surface area contributed by atoms with Crippen LogP contribution in [0.4, 0.5) is 4.39 Å². The van der Waals surface area contributed by atoms with Crippen LogP contribution in [0.5, 0.6) is 5.75 Å². The number of carboxylic acids is 1. The third-order valence-corrected chi connectivity index (χ3v) is 2.94. The number of hydrogen-bond acceptors (Lipinski definition) is 3. The molecule has 5 heteroatoms. The van der Waals surface area contributed by atoms with Crippen LogP contribution in [0.25, 0.3) is 11.1 Å². The van der Waals surface area contributed by atoms with Crippen molar-refractivity contribution in [3.8, 4) is 16.9 Å². The minimum absolute atomic E-state index is 0.0260. The smallest absolute Gasteiger partial charge is 0.335 e. The minimum atomic E-state index is -1.10. The normalized spacial score (nSPS) is 10.4. The summed E-state index contributed by atoms with van der Waals surface area (Å²) in [6, 6.07) is 10.6. The molecule has 110 valence electrons. The lowest BCUT2D eigenvalue weighted by Crippen LogP contribution is -2.05. The SMILES string of the molecule is COCCOc1ccccc1-c1cc(C(=O)O)ccc1F. The maximum Gasteiger partial charge on any atom is 0.335 e. The summed E-state index contributed by atoms with van der Waals surface area (Å²) in [6.45, 7) is 0.736. The van der Waals surface area contributed by atoms with Crippen molar-refractivity contribution in [3.05, 3.63) is 53.8 Å². The minimum Gasteiger partial charge on any atom is -0.491 e. The third-order valence-electron chi connectivity index (χ3n) is 2.94. The lowest BCUT2D eigenvalue weighted by Gasteiger charge is -2.12. The third kappa shape index (κ3) is 3.58. The van der Waals surface area contributed by atoms with E-state index in [-0.39, 0.29) is 11.1 Å². The molecule has 0 aromatic heterocycles. The van der Waals surface area contributed by atoms with Crippen molar-refractivity contribution >= 4 is 5.97 Å². The van der Waals surface area contributed by atoms with Gasteiger partial charge in [-0.1, -0.05) is 18.2 Å². The Balaban J connectivity index is 2.41. The van der Waals surface area contributed by atoms with Gasteiger partial charge in [0.05, 0.1) is 12.2 Å². The zero-order chi connectivity index (χ0) is 15.2. The van der Waals surface area contributed by atoms with Crippen molar-refractivity contribution in [1.82, 2.24) is 0 Å². The van der Waals surface area contributed by atoms with E-state index in [4.69, 9.17) is 14.6 Å². The molecule has 21 heavy (non-hydrogen) atoms. The van der Waals surface area contributed by atoms with Crippen LogP contribution in [0.2, 0.25) is 0 Å². The van der Waals surface area contributed by atoms with Crippen LogP contribution in [0.15, 0.2) is 42.5 Å². The van der Waals surface area contributed by atoms with E-state index in [1.807, 2.05) is 0 Å². The van der Waals surface area contributed by atoms with E-state index >= 15 is 0 Å². The Bertz CT molecular complexity index is 640. The molecule has 0 saturated heterocycles. The molecule has 2 aromatic rings. The molecule has 2 aromatic carbocycles. The van der Waals surface area contributed by atoms with E-state index in [9.17, 15) is 9.18 Å². The first-order valence-electron chi connectivity index (χ1n) is 6.37. The van der Waals surface area contributed by atoms with Gasteiger partial charge in [0, 0.05) is 18.2 Å². The monoisotopic (exact) mass is 290 g/mol. The summed E-state index contributed by atoms with van der Waals surface area (Å²) in [4.78, 5) is 11.0. The second kappa shape index (κ2) is 6.85. The Morgan fingerprint density at radius 1 is 1.14 bits per heavy atom. The van der Waals surface area contributed by atoms with Gasteiger partial charge < -0.3 is 14.6 Å². The number of methoxy groups -OCH3 is 1. The fourth-order valence-corrected chi connectivity index (χ4v) is 1.91. The summed E-state index contributed by atoms with van der Waals surface area (Å²) in [5.41, 5.74) is 0.732. The number of para-hydroxylation sites is 1. The molecule has 0 bridgehead atoms. The number of aromatic carboxylic acids is 1. The average molecular weight is 290 g/mol. The fourth-order valence-electron chi connectivity index (χ4n) is 1.91. The number of carbonyl (C=O) groups is 1. The highest BCUT2D eigenvalue weighted by molar-refractivity contribution is 5.90. The van der Waals surface area contributed by atoms with Gasteiger partial charge in [0.2, 0.25) is 0 Å². The molecule has 0 aliphatic heterocycles. The second-order valence-electron chi connectivity index (χ2n) is 4.34. The van der Waals surface area contributed by atoms with Gasteiger partial charge in [0.1, 0.15) is 18.2 Å². The number of benzene rings is 2. The zero-order valence-corrected chi connectivity index (χ0v) is 11.5. The van der Waals surface area contributed by atoms with Gasteiger partial charge in [-0.05, 0) is 24.3 Å². The molecule has 0 aliphatic carbocycles. The topological polar surface area (TPSA) is 55.8 Å². The Morgan fingerprint density at radius 2 is 1.90 bits per heavy atom. The standard InChI is InChI=1S/C16H15FO4/c1-20-8-9-21-15-5-3-2-4-12(15)13-10-11(16(18)19)6-7-14(13)17/h2-7,10H,8-9H2,1H3,(H,18,19). The first-order chi connectivity index (χ1) is 10.1. The van der Waals surface area contributed by atoms with Gasteiger partial charge in [-0.15, -0.1) is 0 Å². The molecule has 2 rings (SSSR count). The van der Waals surface area contributed by atoms with Gasteiger partial charge in [0.15, 0.2) is 0 Å². The van der Waals surface area contributed by atoms with Gasteiger partial charge in [-0.2, -0.15) is 0 Å². The Hall–Kier alpha value is -2.40. The predicted octanol–water partition coefficient (Wildman–Crippen LogP) is 3.22. The van der Waals surface area contributed by atoms with Crippen molar-refractivity contribution in [3.63, 3.8) is 0 Å². The highest BCUT2D eigenvalue weighted by atomic mass is 19.1. The molecule has 4 nitrogen and oxygen atoms in total. The van der Waals surface area contributed by atoms with Crippen molar-refractivity contribution in [2.45, 2.75) is 0 Å². The summed E-state index contributed by atoms with van der Waals surface area (Å²) >= 11 is 0. The summed E-state index contributed by atoms with van der Waals surface area (Å²) in [5, 5.41) is 9.02. The van der Waals surface area contributed by atoms with Crippen LogP contribution in [-0.4, -0.2) is 31.4 Å². The highest BCUT2D eigenvalue weighted by Gasteiger charge is 2.13. The summed E-state index contributed by atoms with van der Waals surface area (Å²) < 4.78 is 24.5. The quantitative estimate of drug-likeness (QED) is 0.830. The molecule has 0 radical (unpaired) electrons. The summed E-state index contributed by atoms with van der Waals surface area (Å²) in [6.07, 6.45) is 0. The van der Waals surface area contributed by atoms with Crippen LogP contribution in [0.3, 0.4) is 0 Å². The van der Waals surface area contributed by atoms with Gasteiger partial charge in [-0.25, -0.2) is 9.18 Å². The number of rotatable bonds is 6. The lowest BCUT2D eigenvalue weighted by molar-refractivity contribution is 0.0697. The van der Waals surface area contributed by atoms with Crippen LogP contribution in [-0.2, 0) is 4.74 Å². The zero-order valence-electron chi connectivity index (χ0n) is 11.5. The molecule has 0 amide bonds. The van der Waals surface area contributed by atoms with Crippen LogP contribution in [0, 0.1) is 5.82 Å². The fraction of sp³-hybridized carbons (Fsp3) is 0.188. The van der Waals surface area contributed by atoms with Crippen molar-refractivity contribution in [2.75, 3.05) is 20.3 Å². The van der Waals surface area contributed by atoms with Gasteiger partial charge >= 0.3 is 5.97 Å². The number of hydrogen-bond donors (Lipinski definition) is 1. The predicted molar refractivity (Wildman–Crippen MR) is 76.2 cm³/mol. The molecule has 0 unspecified atom stereocenters. The van der Waals surface area contributed by atoms with Crippen molar-refractivity contribution in [2.24, 2.45) is 0 Å². The molecule has 0 saturated carbocycles. The number of carboxylic acid groups (broad SMARTS) is 1. The maximum absolute atomic E-state index is 14.0. The van der Waals surface area contributed by atoms with Crippen molar-refractivity contribution in [1.29, 1.82) is 0 Å². The molecular weight excluding hydrogens is 275 g/mol. The summed E-state index contributed by atoms with van der Waals surface area (Å²) in [7, 11) is 1.56. The van der Waals surface area contributed by atoms with E-state index in [0.717, 1.165) is 6.07 Å². The van der Waals surface area contributed by atoms with E-state index in [0.29, 0.717) is 24.5 Å². The van der Waals surface area contributed by atoms with Crippen molar-refractivity contribution < 1.29 is 23.8 Å². The highest BCUT2D eigenvalue weighted by Crippen LogP contribution is 2.32. The molecule has 0 spiro atoms. The maximum atomic E-state index is 14.0. The molecule has 0 atom stereocenters. The first-order valence-corrected chi connectivity index (χ1v) is 6.37. The Labute approximate surface area is 121 Å². The molecule has 0 aliphatic rings. The van der Waals surface area contributed by atoms with Crippen LogP contribution < -0.4 is 4.74 Å². The molecule has 0 heterocycles. The summed E-state index contributed by atoms with van der Waals surface area (Å²) in [5.74, 6) is -1.12. The first kappa shape index (κ1) is 15.0. The van der Waals surface area contributed by atoms with E-state index in [2.05, 4.69) is 0 Å². The second-order valence-corrected chi connectivity index (χ2v) is 4.34. The average Bonchev–Trinajstić information content (AvgIpc) is 2.48. The Morgan fingerprint density at radius 3 is 2.62 bits per heavy atom. The van der Waals surface area contributed by atoms with Gasteiger partial charge in [0.25, 0.3) is 0 Å². The van der Waals surface area contributed by atoms with E-state index < -0.39 is 11.8 Å². The molecule has 0 fully saturated rings.